The van der Waals surface area contributed by atoms with Gasteiger partial charge in [-0.1, -0.05) is 79.2 Å². The summed E-state index contributed by atoms with van der Waals surface area (Å²) < 4.78 is 0. The average molecular weight is 279 g/mol. The molecule has 1 atom stereocenters. The SMILES string of the molecule is CCNC(C)/C(C)=C/C(c1ccccc1)c1ccccc1. The van der Waals surface area contributed by atoms with Crippen LogP contribution < -0.4 is 5.32 Å². The second-order valence-electron chi connectivity index (χ2n) is 5.49. The van der Waals surface area contributed by atoms with Gasteiger partial charge in [-0.3, -0.25) is 0 Å². The third-order valence-electron chi connectivity index (χ3n) is 3.94. The number of likely N-dealkylation sites (N-methyl/N-ethyl adjacent to an activating group) is 1. The maximum Gasteiger partial charge on any atom is 0.0272 e. The molecule has 0 radical (unpaired) electrons. The van der Waals surface area contributed by atoms with Crippen LogP contribution in [0.2, 0.25) is 0 Å². The molecule has 0 aliphatic carbocycles. The Morgan fingerprint density at radius 3 is 1.86 bits per heavy atom. The molecule has 110 valence electrons. The van der Waals surface area contributed by atoms with Gasteiger partial charge in [0.05, 0.1) is 0 Å². The summed E-state index contributed by atoms with van der Waals surface area (Å²) in [5.74, 6) is 0.313. The second-order valence-corrected chi connectivity index (χ2v) is 5.49. The van der Waals surface area contributed by atoms with Crippen molar-refractivity contribution in [1.29, 1.82) is 0 Å². The molecule has 0 amide bonds. The third kappa shape index (κ3) is 4.30. The van der Waals surface area contributed by atoms with E-state index < -0.39 is 0 Å². The highest BCUT2D eigenvalue weighted by molar-refractivity contribution is 5.38. The molecular weight excluding hydrogens is 254 g/mol. The molecule has 0 saturated carbocycles. The molecular formula is C20H25N. The highest BCUT2D eigenvalue weighted by atomic mass is 14.9. The van der Waals surface area contributed by atoms with E-state index in [0.717, 1.165) is 6.54 Å². The molecule has 21 heavy (non-hydrogen) atoms. The van der Waals surface area contributed by atoms with Crippen molar-refractivity contribution in [2.75, 3.05) is 6.54 Å². The predicted octanol–water partition coefficient (Wildman–Crippen LogP) is 4.76. The number of benzene rings is 2. The molecule has 0 aliphatic rings. The number of rotatable bonds is 6. The predicted molar refractivity (Wildman–Crippen MR) is 91.6 cm³/mol. The van der Waals surface area contributed by atoms with Gasteiger partial charge in [0.1, 0.15) is 0 Å². The topological polar surface area (TPSA) is 12.0 Å². The van der Waals surface area contributed by atoms with Crippen LogP contribution in [-0.4, -0.2) is 12.6 Å². The van der Waals surface area contributed by atoms with Crippen molar-refractivity contribution < 1.29 is 0 Å². The van der Waals surface area contributed by atoms with Crippen molar-refractivity contribution in [2.24, 2.45) is 0 Å². The normalized spacial score (nSPS) is 13.4. The van der Waals surface area contributed by atoms with Crippen molar-refractivity contribution in [2.45, 2.75) is 32.7 Å². The molecule has 0 saturated heterocycles. The zero-order valence-electron chi connectivity index (χ0n) is 13.2. The maximum atomic E-state index is 3.49. The Labute approximate surface area is 128 Å². The van der Waals surface area contributed by atoms with Gasteiger partial charge in [-0.05, 0) is 31.5 Å². The first-order valence-electron chi connectivity index (χ1n) is 7.74. The fourth-order valence-corrected chi connectivity index (χ4v) is 2.58. The zero-order chi connectivity index (χ0) is 15.1. The van der Waals surface area contributed by atoms with Crippen molar-refractivity contribution in [3.05, 3.63) is 83.4 Å². The second kappa shape index (κ2) is 7.80. The van der Waals surface area contributed by atoms with Crippen LogP contribution in [-0.2, 0) is 0 Å². The Kier molecular flexibility index (Phi) is 5.77. The Hall–Kier alpha value is -1.86. The average Bonchev–Trinajstić information content (AvgIpc) is 2.54. The van der Waals surface area contributed by atoms with Crippen molar-refractivity contribution in [1.82, 2.24) is 5.32 Å². The van der Waals surface area contributed by atoms with E-state index in [2.05, 4.69) is 92.8 Å². The lowest BCUT2D eigenvalue weighted by atomic mass is 9.89. The molecule has 2 aromatic rings. The molecule has 0 bridgehead atoms. The van der Waals surface area contributed by atoms with Crippen LogP contribution >= 0.6 is 0 Å². The van der Waals surface area contributed by atoms with Crippen molar-refractivity contribution in [3.63, 3.8) is 0 Å². The van der Waals surface area contributed by atoms with E-state index >= 15 is 0 Å². The van der Waals surface area contributed by atoms with Gasteiger partial charge < -0.3 is 5.32 Å². The Morgan fingerprint density at radius 2 is 1.43 bits per heavy atom. The summed E-state index contributed by atoms with van der Waals surface area (Å²) in [5, 5.41) is 3.49. The molecule has 0 aliphatic heterocycles. The van der Waals surface area contributed by atoms with E-state index in [0.29, 0.717) is 12.0 Å². The van der Waals surface area contributed by atoms with Gasteiger partial charge in [0, 0.05) is 12.0 Å². The van der Waals surface area contributed by atoms with Gasteiger partial charge in [-0.25, -0.2) is 0 Å². The molecule has 0 spiro atoms. The number of hydrogen-bond donors (Lipinski definition) is 1. The molecule has 0 aromatic heterocycles. The molecule has 2 aromatic carbocycles. The summed E-state index contributed by atoms with van der Waals surface area (Å²) in [6, 6.07) is 21.8. The van der Waals surface area contributed by atoms with E-state index in [-0.39, 0.29) is 0 Å². The highest BCUT2D eigenvalue weighted by Gasteiger charge is 2.13. The van der Waals surface area contributed by atoms with Gasteiger partial charge in [-0.2, -0.15) is 0 Å². The van der Waals surface area contributed by atoms with E-state index in [1.54, 1.807) is 0 Å². The number of hydrogen-bond acceptors (Lipinski definition) is 1. The third-order valence-corrected chi connectivity index (χ3v) is 3.94. The maximum absolute atomic E-state index is 3.49. The summed E-state index contributed by atoms with van der Waals surface area (Å²) in [5.41, 5.74) is 4.06. The Bertz CT molecular complexity index is 517. The van der Waals surface area contributed by atoms with Crippen molar-refractivity contribution >= 4 is 0 Å². The summed E-state index contributed by atoms with van der Waals surface area (Å²) in [6.07, 6.45) is 2.39. The van der Waals surface area contributed by atoms with Crippen LogP contribution in [0.5, 0.6) is 0 Å². The molecule has 1 heteroatoms. The quantitative estimate of drug-likeness (QED) is 0.752. The van der Waals surface area contributed by atoms with Crippen LogP contribution in [0.1, 0.15) is 37.8 Å². The first-order valence-corrected chi connectivity index (χ1v) is 7.74. The van der Waals surface area contributed by atoms with Gasteiger partial charge in [-0.15, -0.1) is 0 Å². The summed E-state index contributed by atoms with van der Waals surface area (Å²) in [7, 11) is 0. The van der Waals surface area contributed by atoms with E-state index in [1.165, 1.54) is 16.7 Å². The Morgan fingerprint density at radius 1 is 0.952 bits per heavy atom. The monoisotopic (exact) mass is 279 g/mol. The molecule has 2 rings (SSSR count). The lowest BCUT2D eigenvalue weighted by molar-refractivity contribution is 0.630. The smallest absolute Gasteiger partial charge is 0.0272 e. The van der Waals surface area contributed by atoms with Gasteiger partial charge in [0.2, 0.25) is 0 Å². The van der Waals surface area contributed by atoms with Crippen LogP contribution in [0.4, 0.5) is 0 Å². The number of allylic oxidation sites excluding steroid dienone is 1. The number of nitrogens with one attached hydrogen (secondary N) is 1. The zero-order valence-corrected chi connectivity index (χ0v) is 13.2. The fraction of sp³-hybridized carbons (Fsp3) is 0.300. The van der Waals surface area contributed by atoms with Gasteiger partial charge in [0.25, 0.3) is 0 Å². The largest absolute Gasteiger partial charge is 0.311 e. The molecule has 1 unspecified atom stereocenters. The van der Waals surface area contributed by atoms with Crippen LogP contribution in [0.3, 0.4) is 0 Å². The first kappa shape index (κ1) is 15.5. The Balaban J connectivity index is 2.36. The van der Waals surface area contributed by atoms with E-state index in [1.807, 2.05) is 0 Å². The minimum atomic E-state index is 0.313. The summed E-state index contributed by atoms with van der Waals surface area (Å²) in [6.45, 7) is 7.58. The van der Waals surface area contributed by atoms with Gasteiger partial charge in [0.15, 0.2) is 0 Å². The minimum Gasteiger partial charge on any atom is -0.311 e. The first-order chi connectivity index (χ1) is 10.2. The minimum absolute atomic E-state index is 0.313. The lowest BCUT2D eigenvalue weighted by Gasteiger charge is -2.19. The van der Waals surface area contributed by atoms with Crippen LogP contribution in [0.15, 0.2) is 72.3 Å². The molecule has 0 fully saturated rings. The van der Waals surface area contributed by atoms with Crippen LogP contribution in [0.25, 0.3) is 0 Å². The van der Waals surface area contributed by atoms with E-state index in [9.17, 15) is 0 Å². The van der Waals surface area contributed by atoms with Gasteiger partial charge >= 0.3 is 0 Å². The molecule has 1 N–H and O–H groups in total. The summed E-state index contributed by atoms with van der Waals surface area (Å²) in [4.78, 5) is 0. The molecule has 0 heterocycles. The van der Waals surface area contributed by atoms with Crippen molar-refractivity contribution in [3.8, 4) is 0 Å². The lowest BCUT2D eigenvalue weighted by Crippen LogP contribution is -2.26. The van der Waals surface area contributed by atoms with Crippen LogP contribution in [0, 0.1) is 0 Å². The van der Waals surface area contributed by atoms with E-state index in [4.69, 9.17) is 0 Å². The summed E-state index contributed by atoms with van der Waals surface area (Å²) >= 11 is 0. The standard InChI is InChI=1S/C20H25N/c1-4-21-17(3)16(2)15-20(18-11-7-5-8-12-18)19-13-9-6-10-14-19/h5-15,17,20-21H,4H2,1-3H3/b16-15+. The highest BCUT2D eigenvalue weighted by Crippen LogP contribution is 2.27. The molecule has 1 nitrogen and oxygen atoms in total. The fourth-order valence-electron chi connectivity index (χ4n) is 2.58.